The van der Waals surface area contributed by atoms with Crippen molar-refractivity contribution in [1.29, 1.82) is 0 Å². The van der Waals surface area contributed by atoms with Gasteiger partial charge < -0.3 is 0 Å². The standard InChI is InChI=1S/C18H13ClN2O/c19-15-8-6-7-14(13-15)18(22)21(16-9-2-1-3-10-16)17-11-4-5-12-20-17/h1-13H. The van der Waals surface area contributed by atoms with E-state index in [9.17, 15) is 4.79 Å². The molecule has 0 radical (unpaired) electrons. The zero-order chi connectivity index (χ0) is 15.4. The van der Waals surface area contributed by atoms with E-state index < -0.39 is 0 Å². The number of rotatable bonds is 3. The molecular weight excluding hydrogens is 296 g/mol. The molecule has 0 saturated carbocycles. The molecule has 2 aromatic carbocycles. The van der Waals surface area contributed by atoms with Crippen molar-refractivity contribution in [2.45, 2.75) is 0 Å². The smallest absolute Gasteiger partial charge is 0.264 e. The molecule has 22 heavy (non-hydrogen) atoms. The second-order valence-corrected chi connectivity index (χ2v) is 5.11. The first kappa shape index (κ1) is 14.3. The SMILES string of the molecule is O=C(c1cccc(Cl)c1)N(c1ccccc1)c1ccccn1. The van der Waals surface area contributed by atoms with Crippen molar-refractivity contribution < 1.29 is 4.79 Å². The number of amides is 1. The van der Waals surface area contributed by atoms with Crippen LogP contribution in [0.25, 0.3) is 0 Å². The highest BCUT2D eigenvalue weighted by molar-refractivity contribution is 6.31. The van der Waals surface area contributed by atoms with Gasteiger partial charge in [-0.15, -0.1) is 0 Å². The van der Waals surface area contributed by atoms with Gasteiger partial charge in [0, 0.05) is 16.8 Å². The summed E-state index contributed by atoms with van der Waals surface area (Å²) in [6.45, 7) is 0. The van der Waals surface area contributed by atoms with Crippen molar-refractivity contribution in [3.05, 3.63) is 89.6 Å². The van der Waals surface area contributed by atoms with E-state index in [1.165, 1.54) is 0 Å². The Balaban J connectivity index is 2.08. The minimum absolute atomic E-state index is 0.174. The second-order valence-electron chi connectivity index (χ2n) is 4.67. The average molecular weight is 309 g/mol. The fourth-order valence-electron chi connectivity index (χ4n) is 2.17. The summed E-state index contributed by atoms with van der Waals surface area (Å²) < 4.78 is 0. The van der Waals surface area contributed by atoms with Crippen LogP contribution in [0.4, 0.5) is 11.5 Å². The number of anilines is 2. The third kappa shape index (κ3) is 3.00. The Morgan fingerprint density at radius 1 is 0.909 bits per heavy atom. The van der Waals surface area contributed by atoms with Crippen LogP contribution in [0.5, 0.6) is 0 Å². The summed E-state index contributed by atoms with van der Waals surface area (Å²) in [6.07, 6.45) is 1.66. The molecule has 0 N–H and O–H groups in total. The number of nitrogens with zero attached hydrogens (tertiary/aromatic N) is 2. The minimum atomic E-state index is -0.174. The lowest BCUT2D eigenvalue weighted by Crippen LogP contribution is -2.26. The van der Waals surface area contributed by atoms with Gasteiger partial charge in [-0.2, -0.15) is 0 Å². The highest BCUT2D eigenvalue weighted by Gasteiger charge is 2.20. The predicted octanol–water partition coefficient (Wildman–Crippen LogP) is 4.71. The molecule has 0 aliphatic heterocycles. The summed E-state index contributed by atoms with van der Waals surface area (Å²) in [4.78, 5) is 18.8. The van der Waals surface area contributed by atoms with Crippen LogP contribution >= 0.6 is 11.6 Å². The molecule has 0 spiro atoms. The third-order valence-corrected chi connectivity index (χ3v) is 3.40. The second kappa shape index (κ2) is 6.41. The van der Waals surface area contributed by atoms with Crippen molar-refractivity contribution in [3.63, 3.8) is 0 Å². The van der Waals surface area contributed by atoms with E-state index in [-0.39, 0.29) is 5.91 Å². The summed E-state index contributed by atoms with van der Waals surface area (Å²) in [5, 5.41) is 0.528. The number of aromatic nitrogens is 1. The summed E-state index contributed by atoms with van der Waals surface area (Å²) in [7, 11) is 0. The van der Waals surface area contributed by atoms with Gasteiger partial charge in [-0.05, 0) is 42.5 Å². The van der Waals surface area contributed by atoms with E-state index in [1.54, 1.807) is 41.4 Å². The quantitative estimate of drug-likeness (QED) is 0.702. The van der Waals surface area contributed by atoms with Gasteiger partial charge in [0.1, 0.15) is 5.82 Å². The Morgan fingerprint density at radius 3 is 2.36 bits per heavy atom. The monoisotopic (exact) mass is 308 g/mol. The highest BCUT2D eigenvalue weighted by atomic mass is 35.5. The molecule has 3 nitrogen and oxygen atoms in total. The number of para-hydroxylation sites is 1. The Kier molecular flexibility index (Phi) is 4.17. The van der Waals surface area contributed by atoms with Crippen molar-refractivity contribution in [2.24, 2.45) is 0 Å². The topological polar surface area (TPSA) is 33.2 Å². The zero-order valence-electron chi connectivity index (χ0n) is 11.7. The van der Waals surface area contributed by atoms with E-state index in [2.05, 4.69) is 4.98 Å². The molecule has 3 rings (SSSR count). The number of carbonyl (C=O) groups is 1. The van der Waals surface area contributed by atoms with Gasteiger partial charge in [0.2, 0.25) is 0 Å². The number of benzene rings is 2. The first-order valence-corrected chi connectivity index (χ1v) is 7.19. The van der Waals surface area contributed by atoms with Gasteiger partial charge in [0.15, 0.2) is 0 Å². The summed E-state index contributed by atoms with van der Waals surface area (Å²) in [6, 6.07) is 21.8. The van der Waals surface area contributed by atoms with Gasteiger partial charge in [-0.3, -0.25) is 9.69 Å². The van der Waals surface area contributed by atoms with E-state index in [0.717, 1.165) is 5.69 Å². The summed E-state index contributed by atoms with van der Waals surface area (Å²) in [5.41, 5.74) is 1.27. The number of halogens is 1. The fraction of sp³-hybridized carbons (Fsp3) is 0. The first-order chi connectivity index (χ1) is 10.8. The van der Waals surface area contributed by atoms with Crippen molar-refractivity contribution >= 4 is 29.0 Å². The molecular formula is C18H13ClN2O. The van der Waals surface area contributed by atoms with Gasteiger partial charge in [0.25, 0.3) is 5.91 Å². The molecule has 0 fully saturated rings. The lowest BCUT2D eigenvalue weighted by Gasteiger charge is -2.22. The van der Waals surface area contributed by atoms with Crippen LogP contribution in [-0.2, 0) is 0 Å². The Bertz CT molecular complexity index is 736. The van der Waals surface area contributed by atoms with Gasteiger partial charge in [-0.1, -0.05) is 41.9 Å². The number of pyridine rings is 1. The minimum Gasteiger partial charge on any atom is -0.268 e. The molecule has 1 aromatic heterocycles. The third-order valence-electron chi connectivity index (χ3n) is 3.17. The van der Waals surface area contributed by atoms with E-state index in [0.29, 0.717) is 16.4 Å². The summed E-state index contributed by atoms with van der Waals surface area (Å²) >= 11 is 6.00. The maximum Gasteiger partial charge on any atom is 0.264 e. The number of hydrogen-bond acceptors (Lipinski definition) is 2. The predicted molar refractivity (Wildman–Crippen MR) is 88.6 cm³/mol. The molecule has 0 saturated heterocycles. The van der Waals surface area contributed by atoms with Crippen molar-refractivity contribution in [2.75, 3.05) is 4.90 Å². The van der Waals surface area contributed by atoms with Crippen LogP contribution in [0, 0.1) is 0 Å². The first-order valence-electron chi connectivity index (χ1n) is 6.82. The molecule has 0 atom stereocenters. The zero-order valence-corrected chi connectivity index (χ0v) is 12.4. The highest BCUT2D eigenvalue weighted by Crippen LogP contribution is 2.26. The molecule has 108 valence electrons. The lowest BCUT2D eigenvalue weighted by atomic mass is 10.1. The van der Waals surface area contributed by atoms with E-state index in [1.807, 2.05) is 42.5 Å². The van der Waals surface area contributed by atoms with Crippen molar-refractivity contribution in [3.8, 4) is 0 Å². The molecule has 0 unspecified atom stereocenters. The van der Waals surface area contributed by atoms with Crippen LogP contribution < -0.4 is 4.90 Å². The van der Waals surface area contributed by atoms with Crippen LogP contribution in [0.3, 0.4) is 0 Å². The van der Waals surface area contributed by atoms with Gasteiger partial charge in [0.05, 0.1) is 5.69 Å². The summed E-state index contributed by atoms with van der Waals surface area (Å²) in [5.74, 6) is 0.395. The number of carbonyl (C=O) groups excluding carboxylic acids is 1. The van der Waals surface area contributed by atoms with Gasteiger partial charge >= 0.3 is 0 Å². The van der Waals surface area contributed by atoms with E-state index >= 15 is 0 Å². The molecule has 0 aliphatic carbocycles. The van der Waals surface area contributed by atoms with Crippen LogP contribution in [0.15, 0.2) is 79.0 Å². The fourth-order valence-corrected chi connectivity index (χ4v) is 2.36. The Labute approximate surface area is 133 Å². The van der Waals surface area contributed by atoms with Gasteiger partial charge in [-0.25, -0.2) is 4.98 Å². The molecule has 0 bridgehead atoms. The lowest BCUT2D eigenvalue weighted by molar-refractivity contribution is 0.0998. The molecule has 1 amide bonds. The Hall–Kier alpha value is -2.65. The molecule has 1 heterocycles. The molecule has 0 aliphatic rings. The maximum atomic E-state index is 12.9. The Morgan fingerprint density at radius 2 is 1.68 bits per heavy atom. The molecule has 3 aromatic rings. The normalized spacial score (nSPS) is 10.2. The average Bonchev–Trinajstić information content (AvgIpc) is 2.57. The van der Waals surface area contributed by atoms with Crippen molar-refractivity contribution in [1.82, 2.24) is 4.98 Å². The number of hydrogen-bond donors (Lipinski definition) is 0. The van der Waals surface area contributed by atoms with Crippen LogP contribution in [-0.4, -0.2) is 10.9 Å². The molecule has 4 heteroatoms. The van der Waals surface area contributed by atoms with Crippen LogP contribution in [0.2, 0.25) is 5.02 Å². The van der Waals surface area contributed by atoms with E-state index in [4.69, 9.17) is 11.6 Å². The van der Waals surface area contributed by atoms with Crippen LogP contribution in [0.1, 0.15) is 10.4 Å². The maximum absolute atomic E-state index is 12.9. The largest absolute Gasteiger partial charge is 0.268 e.